The van der Waals surface area contributed by atoms with Crippen molar-refractivity contribution >= 4 is 39.6 Å². The first-order chi connectivity index (χ1) is 13.4. The molecule has 0 spiro atoms. The van der Waals surface area contributed by atoms with Crippen molar-refractivity contribution in [2.75, 3.05) is 19.1 Å². The number of carbonyl (C=O) groups excluding carboxylic acids is 2. The van der Waals surface area contributed by atoms with Gasteiger partial charge in [-0.25, -0.2) is 4.79 Å². The Bertz CT molecular complexity index is 1030. The second kappa shape index (κ2) is 7.90. The first-order valence-electron chi connectivity index (χ1n) is 8.35. The predicted octanol–water partition coefficient (Wildman–Crippen LogP) is 4.04. The number of rotatable bonds is 4. The highest BCUT2D eigenvalue weighted by molar-refractivity contribution is 9.10. The second-order valence-corrected chi connectivity index (χ2v) is 6.97. The molecule has 1 N–H and O–H groups in total. The van der Waals surface area contributed by atoms with Gasteiger partial charge in [-0.1, -0.05) is 22.0 Å². The van der Waals surface area contributed by atoms with Crippen LogP contribution in [0, 0.1) is 0 Å². The summed E-state index contributed by atoms with van der Waals surface area (Å²) in [6.07, 6.45) is 1.48. The van der Waals surface area contributed by atoms with Crippen LogP contribution in [0.15, 0.2) is 63.8 Å². The molecule has 1 amide bonds. The number of benzene rings is 2. The zero-order chi connectivity index (χ0) is 20.4. The molecule has 1 heterocycles. The summed E-state index contributed by atoms with van der Waals surface area (Å²) in [5, 5.41) is 10.1. The molecule has 0 bridgehead atoms. The molecule has 7 heteroatoms. The fraction of sp³-hybridized carbons (Fsp3) is 0.143. The van der Waals surface area contributed by atoms with E-state index in [-0.39, 0.29) is 16.9 Å². The van der Waals surface area contributed by atoms with Gasteiger partial charge in [-0.3, -0.25) is 9.69 Å². The van der Waals surface area contributed by atoms with Crippen LogP contribution in [0.3, 0.4) is 0 Å². The van der Waals surface area contributed by atoms with E-state index in [9.17, 15) is 14.7 Å². The predicted molar refractivity (Wildman–Crippen MR) is 109 cm³/mol. The maximum Gasteiger partial charge on any atom is 0.340 e. The average molecular weight is 444 g/mol. The number of esters is 1. The third-order valence-electron chi connectivity index (χ3n) is 4.39. The maximum atomic E-state index is 13.2. The average Bonchev–Trinajstić information content (AvgIpc) is 2.94. The van der Waals surface area contributed by atoms with E-state index >= 15 is 0 Å². The summed E-state index contributed by atoms with van der Waals surface area (Å²) in [6.45, 7) is 1.67. The first-order valence-corrected chi connectivity index (χ1v) is 9.15. The maximum absolute atomic E-state index is 13.2. The summed E-state index contributed by atoms with van der Waals surface area (Å²) in [5.74, 6) is -0.451. The smallest absolute Gasteiger partial charge is 0.340 e. The molecule has 144 valence electrons. The van der Waals surface area contributed by atoms with Crippen molar-refractivity contribution in [2.45, 2.75) is 6.92 Å². The number of hydrogen-bond acceptors (Lipinski definition) is 5. The van der Waals surface area contributed by atoms with Crippen LogP contribution in [0.25, 0.3) is 6.08 Å². The molecule has 0 saturated heterocycles. The number of allylic oxidation sites excluding steroid dienone is 1. The SMILES string of the molecule is COC(=O)C1=C(C)N(c2cccc(OC)c2)C(=O)/C1=C\c1cc(Br)ccc1O. The monoisotopic (exact) mass is 443 g/mol. The number of phenols is 1. The Morgan fingerprint density at radius 2 is 1.93 bits per heavy atom. The van der Waals surface area contributed by atoms with Crippen LogP contribution in [-0.4, -0.2) is 31.2 Å². The van der Waals surface area contributed by atoms with Crippen LogP contribution in [0.2, 0.25) is 0 Å². The third-order valence-corrected chi connectivity index (χ3v) is 4.88. The number of anilines is 1. The number of hydrogen-bond donors (Lipinski definition) is 1. The summed E-state index contributed by atoms with van der Waals surface area (Å²) in [5.41, 5.74) is 1.69. The van der Waals surface area contributed by atoms with Crippen molar-refractivity contribution in [3.8, 4) is 11.5 Å². The molecular weight excluding hydrogens is 426 g/mol. The first kappa shape index (κ1) is 19.7. The lowest BCUT2D eigenvalue weighted by Gasteiger charge is -2.18. The van der Waals surface area contributed by atoms with Gasteiger partial charge in [0.15, 0.2) is 0 Å². The lowest BCUT2D eigenvalue weighted by atomic mass is 10.0. The van der Waals surface area contributed by atoms with Crippen LogP contribution in [0.5, 0.6) is 11.5 Å². The summed E-state index contributed by atoms with van der Waals surface area (Å²) >= 11 is 3.34. The molecule has 6 nitrogen and oxygen atoms in total. The summed E-state index contributed by atoms with van der Waals surface area (Å²) in [4.78, 5) is 27.1. The highest BCUT2D eigenvalue weighted by Gasteiger charge is 2.38. The molecule has 2 aromatic carbocycles. The van der Waals surface area contributed by atoms with E-state index in [0.29, 0.717) is 22.7 Å². The van der Waals surface area contributed by atoms with Crippen LogP contribution >= 0.6 is 15.9 Å². The van der Waals surface area contributed by atoms with Gasteiger partial charge in [0.1, 0.15) is 11.5 Å². The quantitative estimate of drug-likeness (QED) is 0.569. The van der Waals surface area contributed by atoms with E-state index in [4.69, 9.17) is 9.47 Å². The molecule has 2 aromatic rings. The van der Waals surface area contributed by atoms with Gasteiger partial charge in [0.2, 0.25) is 0 Å². The van der Waals surface area contributed by atoms with Crippen molar-refractivity contribution < 1.29 is 24.2 Å². The molecule has 0 saturated carbocycles. The highest BCUT2D eigenvalue weighted by Crippen LogP contribution is 2.37. The minimum Gasteiger partial charge on any atom is -0.507 e. The zero-order valence-corrected chi connectivity index (χ0v) is 17.1. The molecule has 0 atom stereocenters. The van der Waals surface area contributed by atoms with Gasteiger partial charge in [0.25, 0.3) is 5.91 Å². The molecule has 0 aliphatic carbocycles. The Balaban J connectivity index is 2.17. The van der Waals surface area contributed by atoms with Gasteiger partial charge in [-0.15, -0.1) is 0 Å². The molecule has 1 aliphatic heterocycles. The molecule has 0 radical (unpaired) electrons. The highest BCUT2D eigenvalue weighted by atomic mass is 79.9. The van der Waals surface area contributed by atoms with Crippen LogP contribution in [0.4, 0.5) is 5.69 Å². The lowest BCUT2D eigenvalue weighted by molar-refractivity contribution is -0.136. The molecule has 1 aliphatic rings. The molecule has 0 fully saturated rings. The van der Waals surface area contributed by atoms with Gasteiger partial charge in [0.05, 0.1) is 31.1 Å². The Labute approximate surface area is 170 Å². The van der Waals surface area contributed by atoms with Gasteiger partial charge in [-0.2, -0.15) is 0 Å². The lowest BCUT2D eigenvalue weighted by Crippen LogP contribution is -2.24. The fourth-order valence-corrected chi connectivity index (χ4v) is 3.42. The van der Waals surface area contributed by atoms with E-state index < -0.39 is 11.9 Å². The minimum atomic E-state index is -0.628. The molecule has 0 aromatic heterocycles. The number of amides is 1. The van der Waals surface area contributed by atoms with Crippen molar-refractivity contribution in [2.24, 2.45) is 0 Å². The number of aromatic hydroxyl groups is 1. The van der Waals surface area contributed by atoms with Crippen molar-refractivity contribution in [3.05, 3.63) is 69.3 Å². The normalized spacial score (nSPS) is 15.4. The fourth-order valence-electron chi connectivity index (χ4n) is 3.04. The van der Waals surface area contributed by atoms with Crippen molar-refractivity contribution in [3.63, 3.8) is 0 Å². The van der Waals surface area contributed by atoms with Gasteiger partial charge in [0, 0.05) is 21.8 Å². The van der Waals surface area contributed by atoms with Crippen molar-refractivity contribution in [1.82, 2.24) is 0 Å². The van der Waals surface area contributed by atoms with Crippen LogP contribution in [0.1, 0.15) is 12.5 Å². The third kappa shape index (κ3) is 3.53. The van der Waals surface area contributed by atoms with Crippen molar-refractivity contribution in [1.29, 1.82) is 0 Å². The van der Waals surface area contributed by atoms with E-state index in [1.165, 1.54) is 31.3 Å². The number of ether oxygens (including phenoxy) is 2. The van der Waals surface area contributed by atoms with Gasteiger partial charge >= 0.3 is 5.97 Å². The molecule has 0 unspecified atom stereocenters. The van der Waals surface area contributed by atoms with Gasteiger partial charge < -0.3 is 14.6 Å². The Morgan fingerprint density at radius 3 is 2.61 bits per heavy atom. The number of methoxy groups -OCH3 is 2. The van der Waals surface area contributed by atoms with E-state index in [1.807, 2.05) is 0 Å². The van der Waals surface area contributed by atoms with Crippen LogP contribution < -0.4 is 9.64 Å². The zero-order valence-electron chi connectivity index (χ0n) is 15.5. The van der Waals surface area contributed by atoms with E-state index in [0.717, 1.165) is 4.47 Å². The largest absolute Gasteiger partial charge is 0.507 e. The second-order valence-electron chi connectivity index (χ2n) is 6.06. The Morgan fingerprint density at radius 1 is 1.18 bits per heavy atom. The molecule has 3 rings (SSSR count). The number of halogens is 1. The minimum absolute atomic E-state index is 0.00907. The molecular formula is C21H18BrNO5. The topological polar surface area (TPSA) is 76.1 Å². The number of carbonyl (C=O) groups is 2. The van der Waals surface area contributed by atoms with E-state index in [1.54, 1.807) is 43.3 Å². The summed E-state index contributed by atoms with van der Waals surface area (Å²) in [6, 6.07) is 11.8. The van der Waals surface area contributed by atoms with E-state index in [2.05, 4.69) is 15.9 Å². The standard InChI is InChI=1S/C21H18BrNO5/c1-12-19(21(26)28-3)17(10-13-9-14(22)7-8-18(13)24)20(25)23(12)15-5-4-6-16(11-15)27-2/h4-11,24H,1-3H3/b17-10-. The summed E-state index contributed by atoms with van der Waals surface area (Å²) < 4.78 is 10.9. The Hall–Kier alpha value is -3.06. The Kier molecular flexibility index (Phi) is 5.56. The van der Waals surface area contributed by atoms with Gasteiger partial charge in [-0.05, 0) is 43.3 Å². The number of nitrogens with zero attached hydrogens (tertiary/aromatic N) is 1. The number of phenolic OH excluding ortho intramolecular Hbond substituents is 1. The summed E-state index contributed by atoms with van der Waals surface area (Å²) in [7, 11) is 2.80. The molecule has 28 heavy (non-hydrogen) atoms. The van der Waals surface area contributed by atoms with Crippen LogP contribution in [-0.2, 0) is 14.3 Å².